The summed E-state index contributed by atoms with van der Waals surface area (Å²) in [5.41, 5.74) is 2.90. The zero-order valence-corrected chi connectivity index (χ0v) is 10.8. The lowest BCUT2D eigenvalue weighted by atomic mass is 10.3. The van der Waals surface area contributed by atoms with Crippen molar-refractivity contribution in [3.63, 3.8) is 0 Å². The predicted octanol–water partition coefficient (Wildman–Crippen LogP) is 1.94. The largest absolute Gasteiger partial charge is 0.494 e. The quantitative estimate of drug-likeness (QED) is 0.480. The summed E-state index contributed by atoms with van der Waals surface area (Å²) in [6, 6.07) is 8.71. The first kappa shape index (κ1) is 14.5. The fourth-order valence-electron chi connectivity index (χ4n) is 1.26. The molecular formula is C13H15N3O3. The van der Waals surface area contributed by atoms with Crippen molar-refractivity contribution in [1.29, 1.82) is 5.26 Å². The average molecular weight is 261 g/mol. The van der Waals surface area contributed by atoms with E-state index in [9.17, 15) is 4.79 Å². The number of carbonyl (C=O) groups excluding carboxylic acids is 1. The van der Waals surface area contributed by atoms with Crippen LogP contribution in [0.15, 0.2) is 29.4 Å². The summed E-state index contributed by atoms with van der Waals surface area (Å²) in [6.45, 7) is 4.29. The van der Waals surface area contributed by atoms with Gasteiger partial charge in [-0.2, -0.15) is 10.4 Å². The highest BCUT2D eigenvalue weighted by Gasteiger charge is 2.11. The van der Waals surface area contributed by atoms with Gasteiger partial charge < -0.3 is 9.47 Å². The fraction of sp³-hybridized carbons (Fsp3) is 0.308. The Morgan fingerprint density at radius 2 is 2.21 bits per heavy atom. The standard InChI is InChI=1S/C13H15N3O3/c1-3-18-11-7-5-6-10(8-11)15-16-12(9-14)13(17)19-4-2/h5-8,15H,3-4H2,1-2H3/b16-12-. The summed E-state index contributed by atoms with van der Waals surface area (Å²) in [6.07, 6.45) is 0. The molecule has 0 radical (unpaired) electrons. The minimum absolute atomic E-state index is 0.194. The molecule has 1 rings (SSSR count). The van der Waals surface area contributed by atoms with Crippen LogP contribution in [0, 0.1) is 11.3 Å². The second-order valence-corrected chi connectivity index (χ2v) is 3.37. The van der Waals surface area contributed by atoms with Gasteiger partial charge >= 0.3 is 5.97 Å². The van der Waals surface area contributed by atoms with E-state index in [1.165, 1.54) is 0 Å². The van der Waals surface area contributed by atoms with Crippen LogP contribution in [0.25, 0.3) is 0 Å². The summed E-state index contributed by atoms with van der Waals surface area (Å²) >= 11 is 0. The van der Waals surface area contributed by atoms with Gasteiger partial charge in [-0.1, -0.05) is 6.07 Å². The molecule has 1 aromatic carbocycles. The molecule has 6 heteroatoms. The number of nitriles is 1. The molecule has 0 atom stereocenters. The van der Waals surface area contributed by atoms with Crippen LogP contribution in [-0.2, 0) is 9.53 Å². The number of carbonyl (C=O) groups is 1. The Kier molecular flexibility index (Phi) is 5.89. The molecule has 0 bridgehead atoms. The van der Waals surface area contributed by atoms with Crippen molar-refractivity contribution in [2.75, 3.05) is 18.6 Å². The van der Waals surface area contributed by atoms with E-state index in [2.05, 4.69) is 15.3 Å². The van der Waals surface area contributed by atoms with E-state index < -0.39 is 5.97 Å². The monoisotopic (exact) mass is 261 g/mol. The third-order valence-electron chi connectivity index (χ3n) is 2.02. The van der Waals surface area contributed by atoms with Gasteiger partial charge in [-0.15, -0.1) is 0 Å². The Morgan fingerprint density at radius 3 is 2.84 bits per heavy atom. The highest BCUT2D eigenvalue weighted by molar-refractivity contribution is 6.43. The number of hydrogen-bond acceptors (Lipinski definition) is 6. The maximum atomic E-state index is 11.3. The van der Waals surface area contributed by atoms with Crippen LogP contribution >= 0.6 is 0 Å². The molecule has 100 valence electrons. The van der Waals surface area contributed by atoms with Gasteiger partial charge in [-0.05, 0) is 26.0 Å². The first-order chi connectivity index (χ1) is 9.21. The van der Waals surface area contributed by atoms with Crippen LogP contribution in [0.4, 0.5) is 5.69 Å². The maximum Gasteiger partial charge on any atom is 0.369 e. The fourth-order valence-corrected chi connectivity index (χ4v) is 1.26. The number of hydrazone groups is 1. The molecule has 0 unspecified atom stereocenters. The number of esters is 1. The second-order valence-electron chi connectivity index (χ2n) is 3.37. The third-order valence-corrected chi connectivity index (χ3v) is 2.02. The molecule has 0 saturated carbocycles. The van der Waals surface area contributed by atoms with Crippen LogP contribution in [-0.4, -0.2) is 24.9 Å². The average Bonchev–Trinajstić information content (AvgIpc) is 2.40. The molecule has 6 nitrogen and oxygen atoms in total. The molecule has 0 aliphatic carbocycles. The molecule has 1 aromatic rings. The first-order valence-corrected chi connectivity index (χ1v) is 5.85. The number of ether oxygens (including phenoxy) is 2. The van der Waals surface area contributed by atoms with Crippen molar-refractivity contribution >= 4 is 17.4 Å². The van der Waals surface area contributed by atoms with Crippen molar-refractivity contribution in [1.82, 2.24) is 0 Å². The third kappa shape index (κ3) is 4.68. The Balaban J connectivity index is 2.76. The van der Waals surface area contributed by atoms with Crippen LogP contribution in [0.5, 0.6) is 5.75 Å². The van der Waals surface area contributed by atoms with Crippen LogP contribution in [0.1, 0.15) is 13.8 Å². The number of benzene rings is 1. The summed E-state index contributed by atoms with van der Waals surface area (Å²) < 4.78 is 10.0. The molecule has 0 saturated heterocycles. The topological polar surface area (TPSA) is 83.7 Å². The molecule has 0 aromatic heterocycles. The SMILES string of the molecule is CCOC(=O)/C(C#N)=N\Nc1cccc(OCC)c1. The van der Waals surface area contributed by atoms with Gasteiger partial charge in [0.2, 0.25) is 5.71 Å². The first-order valence-electron chi connectivity index (χ1n) is 5.85. The lowest BCUT2D eigenvalue weighted by molar-refractivity contribution is -0.134. The Hall–Kier alpha value is -2.55. The van der Waals surface area contributed by atoms with Crippen molar-refractivity contribution in [2.24, 2.45) is 5.10 Å². The Labute approximate surface area is 111 Å². The van der Waals surface area contributed by atoms with Gasteiger partial charge in [-0.3, -0.25) is 5.43 Å². The normalized spacial score (nSPS) is 10.5. The van der Waals surface area contributed by atoms with Crippen LogP contribution < -0.4 is 10.2 Å². The lowest BCUT2D eigenvalue weighted by Crippen LogP contribution is -2.17. The molecule has 0 heterocycles. The van der Waals surface area contributed by atoms with Gasteiger partial charge in [0, 0.05) is 6.07 Å². The summed E-state index contributed by atoms with van der Waals surface area (Å²) in [4.78, 5) is 11.3. The van der Waals surface area contributed by atoms with E-state index >= 15 is 0 Å². The second kappa shape index (κ2) is 7.71. The number of hydrogen-bond donors (Lipinski definition) is 1. The minimum Gasteiger partial charge on any atom is -0.494 e. The molecule has 0 amide bonds. The zero-order valence-electron chi connectivity index (χ0n) is 10.8. The van der Waals surface area contributed by atoms with Crippen molar-refractivity contribution in [3.8, 4) is 11.8 Å². The van der Waals surface area contributed by atoms with Gasteiger partial charge in [0.05, 0.1) is 18.9 Å². The van der Waals surface area contributed by atoms with E-state index in [4.69, 9.17) is 10.00 Å². The van der Waals surface area contributed by atoms with E-state index in [-0.39, 0.29) is 12.3 Å². The highest BCUT2D eigenvalue weighted by atomic mass is 16.5. The molecule has 0 aliphatic heterocycles. The highest BCUT2D eigenvalue weighted by Crippen LogP contribution is 2.17. The number of nitrogens with one attached hydrogen (secondary N) is 1. The predicted molar refractivity (Wildman–Crippen MR) is 70.9 cm³/mol. The molecule has 0 fully saturated rings. The van der Waals surface area contributed by atoms with E-state index in [0.717, 1.165) is 0 Å². The number of anilines is 1. The zero-order chi connectivity index (χ0) is 14.1. The summed E-state index contributed by atoms with van der Waals surface area (Å²) in [5.74, 6) is -0.0733. The Bertz CT molecular complexity index is 506. The molecular weight excluding hydrogens is 246 g/mol. The van der Waals surface area contributed by atoms with Gasteiger partial charge in [-0.25, -0.2) is 4.79 Å². The summed E-state index contributed by atoms with van der Waals surface area (Å²) in [5, 5.41) is 12.5. The van der Waals surface area contributed by atoms with Crippen LogP contribution in [0.3, 0.4) is 0 Å². The molecule has 1 N–H and O–H groups in total. The summed E-state index contributed by atoms with van der Waals surface area (Å²) in [7, 11) is 0. The smallest absolute Gasteiger partial charge is 0.369 e. The molecule has 0 aliphatic rings. The minimum atomic E-state index is -0.751. The van der Waals surface area contributed by atoms with Gasteiger partial charge in [0.15, 0.2) is 0 Å². The number of rotatable bonds is 6. The van der Waals surface area contributed by atoms with Crippen molar-refractivity contribution < 1.29 is 14.3 Å². The van der Waals surface area contributed by atoms with Gasteiger partial charge in [0.25, 0.3) is 0 Å². The van der Waals surface area contributed by atoms with Gasteiger partial charge in [0.1, 0.15) is 11.8 Å². The van der Waals surface area contributed by atoms with Crippen molar-refractivity contribution in [2.45, 2.75) is 13.8 Å². The Morgan fingerprint density at radius 1 is 1.42 bits per heavy atom. The van der Waals surface area contributed by atoms with E-state index in [1.807, 2.05) is 6.92 Å². The van der Waals surface area contributed by atoms with Crippen molar-refractivity contribution in [3.05, 3.63) is 24.3 Å². The number of nitrogens with zero attached hydrogens (tertiary/aromatic N) is 2. The lowest BCUT2D eigenvalue weighted by Gasteiger charge is -2.05. The van der Waals surface area contributed by atoms with Crippen LogP contribution in [0.2, 0.25) is 0 Å². The molecule has 0 spiro atoms. The van der Waals surface area contributed by atoms with E-state index in [0.29, 0.717) is 18.0 Å². The molecule has 19 heavy (non-hydrogen) atoms. The van der Waals surface area contributed by atoms with E-state index in [1.54, 1.807) is 37.3 Å². The maximum absolute atomic E-state index is 11.3.